The maximum Gasteiger partial charge on any atom is 0.318 e. The third-order valence-corrected chi connectivity index (χ3v) is 6.12. The minimum absolute atomic E-state index is 0.00289. The topological polar surface area (TPSA) is 97.4 Å². The summed E-state index contributed by atoms with van der Waals surface area (Å²) in [5.74, 6) is 1.31. The van der Waals surface area contributed by atoms with Crippen molar-refractivity contribution in [2.24, 2.45) is 5.73 Å². The van der Waals surface area contributed by atoms with Gasteiger partial charge < -0.3 is 20.5 Å². The number of pyridine rings is 1. The smallest absolute Gasteiger partial charge is 0.318 e. The third kappa shape index (κ3) is 3.53. The molecule has 3 heterocycles. The second-order valence-corrected chi connectivity index (χ2v) is 8.20. The second-order valence-electron chi connectivity index (χ2n) is 8.20. The highest BCUT2D eigenvalue weighted by Gasteiger charge is 2.25. The highest BCUT2D eigenvalue weighted by atomic mass is 19.1. The van der Waals surface area contributed by atoms with Gasteiger partial charge in [0.2, 0.25) is 0 Å². The zero-order chi connectivity index (χ0) is 24.0. The number of aromatic nitrogens is 3. The summed E-state index contributed by atoms with van der Waals surface area (Å²) < 4.78 is 35.7. The number of phenols is 1. The number of hydrogen-bond donors (Lipinski definition) is 2. The zero-order valence-corrected chi connectivity index (χ0v) is 18.3. The molecule has 2 aromatic heterocycles. The van der Waals surface area contributed by atoms with E-state index in [-0.39, 0.29) is 45.5 Å². The first-order valence-corrected chi connectivity index (χ1v) is 10.7. The predicted molar refractivity (Wildman–Crippen MR) is 126 cm³/mol. The number of halogens is 2. The first-order valence-electron chi connectivity index (χ1n) is 10.7. The van der Waals surface area contributed by atoms with Gasteiger partial charge in [-0.25, -0.2) is 8.78 Å². The highest BCUT2D eigenvalue weighted by molar-refractivity contribution is 6.03. The minimum Gasteiger partial charge on any atom is -0.508 e. The second kappa shape index (κ2) is 8.39. The summed E-state index contributed by atoms with van der Waals surface area (Å²) in [4.78, 5) is 15.0. The van der Waals surface area contributed by atoms with Gasteiger partial charge in [-0.3, -0.25) is 4.98 Å². The van der Waals surface area contributed by atoms with Crippen LogP contribution in [0.15, 0.2) is 30.5 Å². The summed E-state index contributed by atoms with van der Waals surface area (Å²) in [7, 11) is 1.40. The van der Waals surface area contributed by atoms with Crippen LogP contribution in [0, 0.1) is 24.0 Å². The molecule has 2 aromatic carbocycles. The third-order valence-electron chi connectivity index (χ3n) is 6.12. The van der Waals surface area contributed by atoms with Crippen LogP contribution in [-0.2, 0) is 0 Å². The number of nitrogens with zero attached hydrogens (tertiary/aromatic N) is 4. The normalized spacial score (nSPS) is 14.5. The number of aromatic hydroxyl groups is 1. The fourth-order valence-corrected chi connectivity index (χ4v) is 4.41. The number of fused-ring (bicyclic) bond motifs is 2. The van der Waals surface area contributed by atoms with Gasteiger partial charge >= 0.3 is 6.01 Å². The first kappa shape index (κ1) is 21.8. The molecular formula is C25H21F2N5O2. The van der Waals surface area contributed by atoms with Gasteiger partial charge in [0, 0.05) is 36.3 Å². The molecule has 0 radical (unpaired) electrons. The van der Waals surface area contributed by atoms with Crippen LogP contribution in [0.1, 0.15) is 18.4 Å². The monoisotopic (exact) mass is 461 g/mol. The van der Waals surface area contributed by atoms with Crippen molar-refractivity contribution < 1.29 is 18.6 Å². The van der Waals surface area contributed by atoms with E-state index < -0.39 is 11.6 Å². The van der Waals surface area contributed by atoms with E-state index in [1.807, 2.05) is 4.90 Å². The average Bonchev–Trinajstić information content (AvgIpc) is 2.84. The lowest BCUT2D eigenvalue weighted by molar-refractivity contribution is 0.380. The van der Waals surface area contributed by atoms with Crippen molar-refractivity contribution in [2.75, 3.05) is 25.1 Å². The molecule has 0 aliphatic carbocycles. The van der Waals surface area contributed by atoms with Crippen LogP contribution in [0.3, 0.4) is 0 Å². The molecule has 1 fully saturated rings. The maximum absolute atomic E-state index is 16.0. The molecule has 9 heteroatoms. The van der Waals surface area contributed by atoms with Gasteiger partial charge in [-0.05, 0) is 36.4 Å². The molecule has 0 spiro atoms. The van der Waals surface area contributed by atoms with E-state index >= 15 is 4.39 Å². The number of ether oxygens (including phenoxy) is 1. The van der Waals surface area contributed by atoms with Gasteiger partial charge in [-0.1, -0.05) is 12.0 Å². The Labute approximate surface area is 194 Å². The van der Waals surface area contributed by atoms with Crippen molar-refractivity contribution in [1.82, 2.24) is 15.0 Å². The Kier molecular flexibility index (Phi) is 5.38. The molecule has 4 aromatic rings. The summed E-state index contributed by atoms with van der Waals surface area (Å²) in [6, 6.07) is 5.54. The number of hydrogen-bond acceptors (Lipinski definition) is 7. The van der Waals surface area contributed by atoms with Gasteiger partial charge in [-0.2, -0.15) is 9.97 Å². The molecule has 34 heavy (non-hydrogen) atoms. The average molecular weight is 461 g/mol. The Hall–Kier alpha value is -4.03. The van der Waals surface area contributed by atoms with E-state index in [0.717, 1.165) is 12.8 Å². The summed E-state index contributed by atoms with van der Waals surface area (Å²) in [5.41, 5.74) is 6.02. The van der Waals surface area contributed by atoms with Crippen LogP contribution in [0.25, 0.3) is 32.9 Å². The summed E-state index contributed by atoms with van der Waals surface area (Å²) in [5, 5.41) is 11.4. The van der Waals surface area contributed by atoms with Crippen molar-refractivity contribution >= 4 is 27.5 Å². The summed E-state index contributed by atoms with van der Waals surface area (Å²) in [6.07, 6.45) is 8.59. The van der Waals surface area contributed by atoms with Crippen molar-refractivity contribution in [3.8, 4) is 35.4 Å². The minimum atomic E-state index is -0.757. The van der Waals surface area contributed by atoms with Gasteiger partial charge in [0.15, 0.2) is 5.82 Å². The number of nitrogens with two attached hydrogens (primary N) is 1. The molecule has 1 aliphatic heterocycles. The molecular weight excluding hydrogens is 440 g/mol. The van der Waals surface area contributed by atoms with Crippen LogP contribution in [-0.4, -0.2) is 46.3 Å². The number of benzene rings is 2. The number of phenolic OH excluding ortho intramolecular Hbond substituents is 1. The van der Waals surface area contributed by atoms with Crippen LogP contribution < -0.4 is 15.4 Å². The fourth-order valence-electron chi connectivity index (χ4n) is 4.41. The fraction of sp³-hybridized carbons (Fsp3) is 0.240. The Bertz CT molecular complexity index is 1480. The first-order chi connectivity index (χ1) is 16.4. The molecule has 0 saturated carbocycles. The van der Waals surface area contributed by atoms with Crippen molar-refractivity contribution in [1.29, 1.82) is 0 Å². The molecule has 172 valence electrons. The molecule has 7 nitrogen and oxygen atoms in total. The molecule has 0 atom stereocenters. The molecule has 0 unspecified atom stereocenters. The molecule has 1 aliphatic rings. The Morgan fingerprint density at radius 3 is 2.68 bits per heavy atom. The number of methoxy groups -OCH3 is 1. The van der Waals surface area contributed by atoms with Crippen LogP contribution in [0.4, 0.5) is 14.6 Å². The van der Waals surface area contributed by atoms with E-state index in [1.54, 1.807) is 0 Å². The summed E-state index contributed by atoms with van der Waals surface area (Å²) >= 11 is 0. The lowest BCUT2D eigenvalue weighted by atomic mass is 9.95. The lowest BCUT2D eigenvalue weighted by Gasteiger charge is -2.31. The molecule has 5 rings (SSSR count). The predicted octanol–water partition coefficient (Wildman–Crippen LogP) is 3.75. The highest BCUT2D eigenvalue weighted by Crippen LogP contribution is 2.38. The van der Waals surface area contributed by atoms with E-state index in [0.29, 0.717) is 29.7 Å². The van der Waals surface area contributed by atoms with Crippen molar-refractivity contribution in [3.63, 3.8) is 0 Å². The van der Waals surface area contributed by atoms with E-state index in [1.165, 1.54) is 37.6 Å². The molecule has 0 amide bonds. The maximum atomic E-state index is 16.0. The SMILES string of the molecule is C#Cc1c(F)ccc2cc(O)cc(-c3ncc4c(N5CCC(N)CC5)nc(OC)nc4c3F)c12. The molecule has 3 N–H and O–H groups in total. The van der Waals surface area contributed by atoms with Crippen LogP contribution >= 0.6 is 0 Å². The van der Waals surface area contributed by atoms with Gasteiger partial charge in [0.1, 0.15) is 28.6 Å². The quantitative estimate of drug-likeness (QED) is 0.449. The number of anilines is 1. The van der Waals surface area contributed by atoms with Crippen molar-refractivity contribution in [2.45, 2.75) is 18.9 Å². The van der Waals surface area contributed by atoms with Gasteiger partial charge in [0.05, 0.1) is 18.1 Å². The Morgan fingerprint density at radius 1 is 1.21 bits per heavy atom. The Morgan fingerprint density at radius 2 is 1.97 bits per heavy atom. The van der Waals surface area contributed by atoms with E-state index in [4.69, 9.17) is 16.9 Å². The molecule has 1 saturated heterocycles. The lowest BCUT2D eigenvalue weighted by Crippen LogP contribution is -2.40. The molecule has 0 bridgehead atoms. The number of piperidine rings is 1. The van der Waals surface area contributed by atoms with Gasteiger partial charge in [0.25, 0.3) is 0 Å². The van der Waals surface area contributed by atoms with Crippen molar-refractivity contribution in [3.05, 3.63) is 47.7 Å². The van der Waals surface area contributed by atoms with E-state index in [2.05, 4.69) is 20.9 Å². The van der Waals surface area contributed by atoms with Gasteiger partial charge in [-0.15, -0.1) is 6.42 Å². The Balaban J connectivity index is 1.78. The summed E-state index contributed by atoms with van der Waals surface area (Å²) in [6.45, 7) is 1.31. The number of terminal acetylenes is 1. The van der Waals surface area contributed by atoms with E-state index in [9.17, 15) is 9.50 Å². The standard InChI is InChI=1S/C25H21F2N5O2/c1-3-16-19(26)5-4-13-10-15(33)11-17(20(13)16)22-21(27)23-18(12-29-22)24(31-25(30-23)34-2)32-8-6-14(28)7-9-32/h1,4-5,10-12,14,33H,6-9,28H2,2H3. The zero-order valence-electron chi connectivity index (χ0n) is 18.3. The van der Waals surface area contributed by atoms with Crippen LogP contribution in [0.2, 0.25) is 0 Å². The largest absolute Gasteiger partial charge is 0.508 e. The van der Waals surface area contributed by atoms with Crippen LogP contribution in [0.5, 0.6) is 11.8 Å². The number of rotatable bonds is 3.